The van der Waals surface area contributed by atoms with E-state index in [1.165, 1.54) is 24.0 Å². The molecule has 1 saturated heterocycles. The number of hydrogen-bond donors (Lipinski definition) is 0. The fourth-order valence-corrected chi connectivity index (χ4v) is 12.3. The Hall–Kier alpha value is -0.940. The molecule has 4 heteroatoms. The molecule has 2 unspecified atom stereocenters. The van der Waals surface area contributed by atoms with Crippen LogP contribution in [-0.4, -0.2) is 23.3 Å². The van der Waals surface area contributed by atoms with Gasteiger partial charge in [0.1, 0.15) is 0 Å². The molecule has 1 fully saturated rings. The van der Waals surface area contributed by atoms with E-state index in [2.05, 4.69) is 85.9 Å². The summed E-state index contributed by atoms with van der Waals surface area (Å²) in [6.07, 6.45) is 6.26. The van der Waals surface area contributed by atoms with Crippen LogP contribution in [0, 0.1) is 0 Å². The van der Waals surface area contributed by atoms with Crippen molar-refractivity contribution in [1.82, 2.24) is 4.44 Å². The lowest BCUT2D eigenvalue weighted by Crippen LogP contribution is -2.22. The summed E-state index contributed by atoms with van der Waals surface area (Å²) in [5.74, 6) is 0. The molecule has 1 heterocycles. The van der Waals surface area contributed by atoms with Crippen molar-refractivity contribution >= 4 is 15.4 Å². The molecule has 2 aromatic rings. The van der Waals surface area contributed by atoms with Crippen LogP contribution in [-0.2, 0) is 4.57 Å². The highest BCUT2D eigenvalue weighted by Gasteiger charge is 2.45. The number of benzene rings is 2. The summed E-state index contributed by atoms with van der Waals surface area (Å²) >= 11 is 0. The minimum absolute atomic E-state index is 0.518. The molecule has 1 aliphatic heterocycles. The van der Waals surface area contributed by atoms with Crippen molar-refractivity contribution in [3.63, 3.8) is 0 Å². The molecule has 0 bridgehead atoms. The Morgan fingerprint density at radius 1 is 0.857 bits per heavy atom. The monoisotopic (exact) mass is 415 g/mol. The average molecular weight is 415 g/mol. The molecule has 0 aliphatic carbocycles. The van der Waals surface area contributed by atoms with E-state index in [-0.39, 0.29) is 0 Å². The fraction of sp³-hybridized carbons (Fsp3) is 0.500. The maximum absolute atomic E-state index is 14.0. The summed E-state index contributed by atoms with van der Waals surface area (Å²) in [4.78, 5) is 0. The van der Waals surface area contributed by atoms with Crippen molar-refractivity contribution in [3.8, 4) is 0 Å². The smallest absolute Gasteiger partial charge is 0.153 e. The van der Waals surface area contributed by atoms with Crippen molar-refractivity contribution < 1.29 is 4.57 Å². The van der Waals surface area contributed by atoms with Crippen LogP contribution in [0.5, 0.6) is 0 Å². The molecule has 0 aromatic heterocycles. The van der Waals surface area contributed by atoms with Gasteiger partial charge in [0.25, 0.3) is 0 Å². The maximum Gasteiger partial charge on any atom is 0.153 e. The first-order chi connectivity index (χ1) is 13.6. The Kier molecular flexibility index (Phi) is 7.93. The van der Waals surface area contributed by atoms with E-state index in [1.54, 1.807) is 0 Å². The predicted molar refractivity (Wildman–Crippen MR) is 125 cm³/mol. The van der Waals surface area contributed by atoms with Gasteiger partial charge in [0.2, 0.25) is 0 Å². The second-order valence-electron chi connectivity index (χ2n) is 7.74. The summed E-state index contributed by atoms with van der Waals surface area (Å²) in [7, 11) is -2.85. The first kappa shape index (κ1) is 21.8. The molecule has 0 saturated carbocycles. The highest BCUT2D eigenvalue weighted by atomic mass is 31.2. The lowest BCUT2D eigenvalue weighted by Gasteiger charge is -2.41. The van der Waals surface area contributed by atoms with Gasteiger partial charge in [0.05, 0.1) is 0 Å². The van der Waals surface area contributed by atoms with Gasteiger partial charge in [-0.05, 0) is 38.5 Å². The van der Waals surface area contributed by atoms with E-state index in [1.807, 2.05) is 0 Å². The third-order valence-electron chi connectivity index (χ3n) is 6.11. The van der Waals surface area contributed by atoms with Crippen molar-refractivity contribution in [1.29, 1.82) is 0 Å². The molecule has 0 N–H and O–H groups in total. The standard InChI is InChI=1S/C24H35NOP2/c1-4-7-20-25(28(26,5-2)6-3)27-23(21-14-10-8-11-15-21)18-19-24(27)22-16-12-9-13-17-22/h8-17,23-24H,4-7,18-20H2,1-3H3. The molecule has 0 radical (unpaired) electrons. The Balaban J connectivity index is 2.06. The second-order valence-corrected chi connectivity index (χ2v) is 14.0. The molecule has 2 aromatic carbocycles. The van der Waals surface area contributed by atoms with Crippen molar-refractivity contribution in [2.75, 3.05) is 18.9 Å². The SMILES string of the molecule is CCCCN(P1C(c2ccccc2)CCC1c1ccccc1)P(=O)(CC)CC. The van der Waals surface area contributed by atoms with Gasteiger partial charge in [-0.15, -0.1) is 0 Å². The van der Waals surface area contributed by atoms with Gasteiger partial charge in [-0.25, -0.2) is 4.44 Å². The van der Waals surface area contributed by atoms with Gasteiger partial charge in [-0.1, -0.05) is 87.9 Å². The van der Waals surface area contributed by atoms with Crippen LogP contribution >= 0.6 is 15.4 Å². The summed E-state index contributed by atoms with van der Waals surface area (Å²) in [6.45, 7) is 7.48. The molecule has 0 amide bonds. The Bertz CT molecular complexity index is 709. The Labute approximate surface area is 173 Å². The van der Waals surface area contributed by atoms with Gasteiger partial charge in [-0.3, -0.25) is 0 Å². The number of rotatable bonds is 9. The molecule has 28 heavy (non-hydrogen) atoms. The summed E-state index contributed by atoms with van der Waals surface area (Å²) in [5, 5.41) is 0. The number of hydrogen-bond acceptors (Lipinski definition) is 1. The van der Waals surface area contributed by atoms with Crippen LogP contribution in [0.25, 0.3) is 0 Å². The van der Waals surface area contributed by atoms with E-state index >= 15 is 0 Å². The molecule has 0 spiro atoms. The van der Waals surface area contributed by atoms with Crippen LogP contribution < -0.4 is 0 Å². The zero-order valence-electron chi connectivity index (χ0n) is 17.6. The van der Waals surface area contributed by atoms with E-state index in [4.69, 9.17) is 0 Å². The molecule has 2 atom stereocenters. The fourth-order valence-electron chi connectivity index (χ4n) is 4.44. The molecular weight excluding hydrogens is 380 g/mol. The van der Waals surface area contributed by atoms with Crippen molar-refractivity contribution in [2.45, 2.75) is 57.8 Å². The highest BCUT2D eigenvalue weighted by molar-refractivity contribution is 7.74. The van der Waals surface area contributed by atoms with Crippen LogP contribution in [0.15, 0.2) is 60.7 Å². The topological polar surface area (TPSA) is 20.3 Å². The number of unbranched alkanes of at least 4 members (excludes halogenated alkanes) is 1. The van der Waals surface area contributed by atoms with Crippen molar-refractivity contribution in [2.24, 2.45) is 0 Å². The normalized spacial score (nSPS) is 22.6. The minimum atomic E-state index is -2.32. The maximum atomic E-state index is 14.0. The number of nitrogens with zero attached hydrogens (tertiary/aromatic N) is 1. The predicted octanol–water partition coefficient (Wildman–Crippen LogP) is 8.08. The van der Waals surface area contributed by atoms with E-state index in [9.17, 15) is 4.57 Å². The molecule has 1 aliphatic rings. The van der Waals surface area contributed by atoms with Gasteiger partial charge in [-0.2, -0.15) is 0 Å². The molecule has 152 valence electrons. The average Bonchev–Trinajstić information content (AvgIpc) is 3.19. The first-order valence-electron chi connectivity index (χ1n) is 10.9. The minimum Gasteiger partial charge on any atom is -0.306 e. The van der Waals surface area contributed by atoms with E-state index in [0.29, 0.717) is 11.3 Å². The summed E-state index contributed by atoms with van der Waals surface area (Å²) in [6, 6.07) is 22.0. The molecule has 2 nitrogen and oxygen atoms in total. The third kappa shape index (κ3) is 4.62. The molecular formula is C24H35NOP2. The van der Waals surface area contributed by atoms with E-state index in [0.717, 1.165) is 31.7 Å². The van der Waals surface area contributed by atoms with E-state index < -0.39 is 15.4 Å². The Morgan fingerprint density at radius 3 is 1.71 bits per heavy atom. The van der Waals surface area contributed by atoms with Crippen LogP contribution in [0.4, 0.5) is 0 Å². The quantitative estimate of drug-likeness (QED) is 0.386. The van der Waals surface area contributed by atoms with Crippen LogP contribution in [0.2, 0.25) is 0 Å². The lowest BCUT2D eigenvalue weighted by molar-refractivity contribution is 0.519. The van der Waals surface area contributed by atoms with Gasteiger partial charge >= 0.3 is 0 Å². The van der Waals surface area contributed by atoms with Gasteiger partial charge in [0.15, 0.2) is 7.29 Å². The molecule has 3 rings (SSSR count). The first-order valence-corrected chi connectivity index (χ1v) is 14.3. The highest BCUT2D eigenvalue weighted by Crippen LogP contribution is 2.78. The third-order valence-corrected chi connectivity index (χ3v) is 13.8. The second kappa shape index (κ2) is 10.2. The Morgan fingerprint density at radius 2 is 1.32 bits per heavy atom. The largest absolute Gasteiger partial charge is 0.306 e. The lowest BCUT2D eigenvalue weighted by atomic mass is 10.0. The summed E-state index contributed by atoms with van der Waals surface area (Å²) in [5.41, 5.74) is 3.91. The zero-order chi connectivity index (χ0) is 20.0. The van der Waals surface area contributed by atoms with Gasteiger partial charge < -0.3 is 4.57 Å². The van der Waals surface area contributed by atoms with Crippen molar-refractivity contribution in [3.05, 3.63) is 71.8 Å². The van der Waals surface area contributed by atoms with Crippen LogP contribution in [0.1, 0.15) is 68.9 Å². The van der Waals surface area contributed by atoms with Crippen LogP contribution in [0.3, 0.4) is 0 Å². The zero-order valence-corrected chi connectivity index (χ0v) is 19.4. The van der Waals surface area contributed by atoms with Gasteiger partial charge in [0, 0.05) is 30.2 Å². The summed E-state index contributed by atoms with van der Waals surface area (Å²) < 4.78 is 16.6.